The number of nitrogens with zero attached hydrogens (tertiary/aromatic N) is 1. The summed E-state index contributed by atoms with van der Waals surface area (Å²) in [7, 11) is 1.65. The SMILES string of the molecule is COc1ccc(Oc2ccc(N=Cc3[nH]c(-c4ccc[nH]4)c4c3CCCC4)cc2)cc1.Cl. The molecule has 0 fully saturated rings. The molecule has 0 unspecified atom stereocenters. The molecule has 2 aromatic carbocycles. The van der Waals surface area contributed by atoms with Crippen LogP contribution in [-0.2, 0) is 12.8 Å². The predicted octanol–water partition coefficient (Wildman–Crippen LogP) is 6.86. The van der Waals surface area contributed by atoms with Gasteiger partial charge in [0.05, 0.1) is 36.1 Å². The highest BCUT2D eigenvalue weighted by atomic mass is 35.5. The van der Waals surface area contributed by atoms with E-state index in [4.69, 9.17) is 14.5 Å². The molecule has 0 saturated carbocycles. The molecule has 6 heteroatoms. The number of aromatic nitrogens is 2. The van der Waals surface area contributed by atoms with E-state index >= 15 is 0 Å². The number of ether oxygens (including phenoxy) is 2. The van der Waals surface area contributed by atoms with Crippen molar-refractivity contribution >= 4 is 24.3 Å². The van der Waals surface area contributed by atoms with Gasteiger partial charge < -0.3 is 19.4 Å². The minimum atomic E-state index is 0. The largest absolute Gasteiger partial charge is 0.497 e. The van der Waals surface area contributed by atoms with Crippen molar-refractivity contribution in [3.8, 4) is 28.6 Å². The maximum Gasteiger partial charge on any atom is 0.127 e. The van der Waals surface area contributed by atoms with Crippen molar-refractivity contribution in [1.29, 1.82) is 0 Å². The first kappa shape index (κ1) is 21.8. The lowest BCUT2D eigenvalue weighted by molar-refractivity contribution is 0.413. The number of benzene rings is 2. The lowest BCUT2D eigenvalue weighted by Crippen LogP contribution is -2.02. The Morgan fingerprint density at radius 3 is 2.16 bits per heavy atom. The Kier molecular flexibility index (Phi) is 6.66. The predicted molar refractivity (Wildman–Crippen MR) is 131 cm³/mol. The molecule has 2 N–H and O–H groups in total. The number of aliphatic imine (C=N–C) groups is 1. The van der Waals surface area contributed by atoms with Crippen molar-refractivity contribution in [1.82, 2.24) is 9.97 Å². The number of aromatic amines is 2. The Morgan fingerprint density at radius 2 is 1.50 bits per heavy atom. The molecule has 2 aromatic heterocycles. The fourth-order valence-electron chi connectivity index (χ4n) is 4.11. The van der Waals surface area contributed by atoms with E-state index in [2.05, 4.69) is 16.0 Å². The minimum Gasteiger partial charge on any atom is -0.497 e. The number of nitrogens with one attached hydrogen (secondary N) is 2. The highest BCUT2D eigenvalue weighted by molar-refractivity contribution is 5.86. The number of fused-ring (bicyclic) bond motifs is 1. The van der Waals surface area contributed by atoms with Crippen LogP contribution >= 0.6 is 12.4 Å². The molecule has 5 nitrogen and oxygen atoms in total. The molecular formula is C26H26ClN3O2. The standard InChI is InChI=1S/C26H25N3O2.ClH/c1-30-19-12-14-21(15-13-19)31-20-10-8-18(9-11-20)28-17-25-22-5-2-3-6-23(22)26(29-25)24-7-4-16-27-24;/h4,7-17,27,29H,2-3,5-6H2,1H3;1H. The van der Waals surface area contributed by atoms with Crippen LogP contribution in [0.3, 0.4) is 0 Å². The highest BCUT2D eigenvalue weighted by Gasteiger charge is 2.20. The van der Waals surface area contributed by atoms with E-state index in [0.717, 1.165) is 47.2 Å². The summed E-state index contributed by atoms with van der Waals surface area (Å²) in [6.45, 7) is 0. The monoisotopic (exact) mass is 447 g/mol. The minimum absolute atomic E-state index is 0. The van der Waals surface area contributed by atoms with Gasteiger partial charge in [0, 0.05) is 6.20 Å². The number of halogens is 1. The zero-order valence-corrected chi connectivity index (χ0v) is 18.7. The van der Waals surface area contributed by atoms with Crippen LogP contribution in [0.15, 0.2) is 71.9 Å². The summed E-state index contributed by atoms with van der Waals surface area (Å²) < 4.78 is 11.1. The first-order valence-electron chi connectivity index (χ1n) is 10.6. The van der Waals surface area contributed by atoms with Gasteiger partial charge >= 0.3 is 0 Å². The van der Waals surface area contributed by atoms with Crippen molar-refractivity contribution in [3.63, 3.8) is 0 Å². The molecule has 5 rings (SSSR count). The van der Waals surface area contributed by atoms with Crippen molar-refractivity contribution in [2.75, 3.05) is 7.11 Å². The van der Waals surface area contributed by atoms with Gasteiger partial charge in [-0.2, -0.15) is 0 Å². The van der Waals surface area contributed by atoms with Gasteiger partial charge in [0.25, 0.3) is 0 Å². The van der Waals surface area contributed by atoms with E-state index in [9.17, 15) is 0 Å². The van der Waals surface area contributed by atoms with Gasteiger partial charge in [-0.25, -0.2) is 0 Å². The summed E-state index contributed by atoms with van der Waals surface area (Å²) in [6, 6.07) is 19.5. The molecule has 1 aliphatic rings. The lowest BCUT2D eigenvalue weighted by Gasteiger charge is -2.12. The maximum absolute atomic E-state index is 5.90. The average molecular weight is 448 g/mol. The van der Waals surface area contributed by atoms with Gasteiger partial charge in [0.1, 0.15) is 17.2 Å². The van der Waals surface area contributed by atoms with Gasteiger partial charge in [0.15, 0.2) is 0 Å². The summed E-state index contributed by atoms with van der Waals surface area (Å²) in [5.41, 5.74) is 7.17. The zero-order valence-electron chi connectivity index (χ0n) is 17.9. The third kappa shape index (κ3) is 4.58. The highest BCUT2D eigenvalue weighted by Crippen LogP contribution is 2.33. The molecule has 0 saturated heterocycles. The van der Waals surface area contributed by atoms with Crippen molar-refractivity contribution in [3.05, 3.63) is 83.7 Å². The number of hydrogen-bond acceptors (Lipinski definition) is 3. The molecule has 0 radical (unpaired) electrons. The molecule has 0 bridgehead atoms. The van der Waals surface area contributed by atoms with Crippen molar-refractivity contribution in [2.45, 2.75) is 25.7 Å². The second-order valence-corrected chi connectivity index (χ2v) is 7.69. The Labute approximate surface area is 193 Å². The van der Waals surface area contributed by atoms with Gasteiger partial charge in [-0.3, -0.25) is 4.99 Å². The number of H-pyrrole nitrogens is 2. The first-order chi connectivity index (χ1) is 15.3. The summed E-state index contributed by atoms with van der Waals surface area (Å²) in [6.07, 6.45) is 8.61. The van der Waals surface area contributed by atoms with Crippen LogP contribution in [0.2, 0.25) is 0 Å². The fraction of sp³-hybridized carbons (Fsp3) is 0.192. The molecular weight excluding hydrogens is 422 g/mol. The van der Waals surface area contributed by atoms with E-state index in [1.165, 1.54) is 29.7 Å². The van der Waals surface area contributed by atoms with Crippen LogP contribution in [0.25, 0.3) is 11.4 Å². The van der Waals surface area contributed by atoms with Crippen LogP contribution in [0.1, 0.15) is 29.7 Å². The van der Waals surface area contributed by atoms with E-state index < -0.39 is 0 Å². The number of methoxy groups -OCH3 is 1. The van der Waals surface area contributed by atoms with Crippen LogP contribution < -0.4 is 9.47 Å². The summed E-state index contributed by atoms with van der Waals surface area (Å²) in [5, 5.41) is 0. The van der Waals surface area contributed by atoms with E-state index in [1.54, 1.807) is 7.11 Å². The second kappa shape index (κ2) is 9.79. The van der Waals surface area contributed by atoms with E-state index in [0.29, 0.717) is 0 Å². The number of hydrogen-bond donors (Lipinski definition) is 2. The molecule has 164 valence electrons. The normalized spacial score (nSPS) is 12.9. The molecule has 0 atom stereocenters. The maximum atomic E-state index is 5.90. The first-order valence-corrected chi connectivity index (χ1v) is 10.6. The Bertz CT molecular complexity index is 1180. The molecule has 0 amide bonds. The van der Waals surface area contributed by atoms with Gasteiger partial charge in [-0.1, -0.05) is 0 Å². The quantitative estimate of drug-likeness (QED) is 0.317. The fourth-order valence-corrected chi connectivity index (χ4v) is 4.11. The Morgan fingerprint density at radius 1 is 0.844 bits per heavy atom. The van der Waals surface area contributed by atoms with Gasteiger partial charge in [-0.15, -0.1) is 12.4 Å². The van der Waals surface area contributed by atoms with E-state index in [-0.39, 0.29) is 12.4 Å². The zero-order chi connectivity index (χ0) is 21.0. The Balaban J connectivity index is 0.00000245. The van der Waals surface area contributed by atoms with Crippen LogP contribution in [-0.4, -0.2) is 23.3 Å². The van der Waals surface area contributed by atoms with Crippen LogP contribution in [0.4, 0.5) is 5.69 Å². The molecule has 32 heavy (non-hydrogen) atoms. The van der Waals surface area contributed by atoms with Gasteiger partial charge in [-0.05, 0) is 97.5 Å². The van der Waals surface area contributed by atoms with Gasteiger partial charge in [0.2, 0.25) is 0 Å². The Hall–Kier alpha value is -3.44. The second-order valence-electron chi connectivity index (χ2n) is 7.69. The lowest BCUT2D eigenvalue weighted by atomic mass is 9.91. The molecule has 2 heterocycles. The van der Waals surface area contributed by atoms with Crippen LogP contribution in [0, 0.1) is 0 Å². The summed E-state index contributed by atoms with van der Waals surface area (Å²) >= 11 is 0. The number of rotatable bonds is 6. The third-order valence-corrected chi connectivity index (χ3v) is 5.70. The summed E-state index contributed by atoms with van der Waals surface area (Å²) in [4.78, 5) is 11.6. The van der Waals surface area contributed by atoms with Crippen LogP contribution in [0.5, 0.6) is 17.2 Å². The molecule has 0 spiro atoms. The average Bonchev–Trinajstić information content (AvgIpc) is 3.47. The molecule has 4 aromatic rings. The topological polar surface area (TPSA) is 62.4 Å². The van der Waals surface area contributed by atoms with Crippen molar-refractivity contribution < 1.29 is 9.47 Å². The van der Waals surface area contributed by atoms with Crippen molar-refractivity contribution in [2.24, 2.45) is 4.99 Å². The molecule has 1 aliphatic carbocycles. The smallest absolute Gasteiger partial charge is 0.127 e. The third-order valence-electron chi connectivity index (χ3n) is 5.70. The van der Waals surface area contributed by atoms with E-state index in [1.807, 2.05) is 67.0 Å². The summed E-state index contributed by atoms with van der Waals surface area (Å²) in [5.74, 6) is 2.35. The molecule has 0 aliphatic heterocycles.